The van der Waals surface area contributed by atoms with E-state index in [4.69, 9.17) is 9.47 Å². The summed E-state index contributed by atoms with van der Waals surface area (Å²) in [5, 5.41) is 2.61. The highest BCUT2D eigenvalue weighted by molar-refractivity contribution is 5.92. The van der Waals surface area contributed by atoms with Gasteiger partial charge in [0.05, 0.1) is 20.8 Å². The lowest BCUT2D eigenvalue weighted by atomic mass is 10.1. The van der Waals surface area contributed by atoms with Crippen molar-refractivity contribution in [3.8, 4) is 11.5 Å². The van der Waals surface area contributed by atoms with Crippen LogP contribution in [0.5, 0.6) is 11.5 Å². The summed E-state index contributed by atoms with van der Waals surface area (Å²) in [6.45, 7) is 4.15. The Kier molecular flexibility index (Phi) is 7.00. The monoisotopic (exact) mass is 405 g/mol. The van der Waals surface area contributed by atoms with Gasteiger partial charge in [0.15, 0.2) is 23.1 Å². The summed E-state index contributed by atoms with van der Waals surface area (Å²) < 4.78 is 36.8. The minimum absolute atomic E-state index is 0.212. The summed E-state index contributed by atoms with van der Waals surface area (Å²) in [5.74, 6) is -0.754. The molecule has 0 unspecified atom stereocenters. The molecule has 1 N–H and O–H groups in total. The highest BCUT2D eigenvalue weighted by Gasteiger charge is 2.20. The predicted octanol–water partition coefficient (Wildman–Crippen LogP) is 2.74. The van der Waals surface area contributed by atoms with Crippen LogP contribution in [0.25, 0.3) is 0 Å². The molecule has 0 bridgehead atoms. The third-order valence-corrected chi connectivity index (χ3v) is 4.89. The van der Waals surface area contributed by atoms with E-state index < -0.39 is 11.6 Å². The molecule has 2 aromatic rings. The van der Waals surface area contributed by atoms with Crippen LogP contribution in [0.4, 0.5) is 14.5 Å². The van der Waals surface area contributed by atoms with Gasteiger partial charge in [0, 0.05) is 44.5 Å². The number of piperazine rings is 1. The number of benzene rings is 2. The van der Waals surface area contributed by atoms with Crippen LogP contribution < -0.4 is 14.8 Å². The fraction of sp³-hybridized carbons (Fsp3) is 0.381. The van der Waals surface area contributed by atoms with Gasteiger partial charge in [-0.1, -0.05) is 6.07 Å². The van der Waals surface area contributed by atoms with E-state index in [1.165, 1.54) is 6.07 Å². The Hall–Kier alpha value is -2.71. The highest BCUT2D eigenvalue weighted by atomic mass is 19.2. The molecule has 0 spiro atoms. The number of amides is 1. The number of hydrogen-bond acceptors (Lipinski definition) is 5. The molecule has 1 fully saturated rings. The second-order valence-electron chi connectivity index (χ2n) is 6.92. The average molecular weight is 405 g/mol. The van der Waals surface area contributed by atoms with Crippen molar-refractivity contribution in [1.29, 1.82) is 0 Å². The average Bonchev–Trinajstić information content (AvgIpc) is 2.72. The Morgan fingerprint density at radius 1 is 0.931 bits per heavy atom. The fourth-order valence-electron chi connectivity index (χ4n) is 3.32. The number of ether oxygens (including phenoxy) is 2. The molecule has 0 aromatic heterocycles. The molecule has 3 rings (SSSR count). The Morgan fingerprint density at radius 3 is 2.28 bits per heavy atom. The van der Waals surface area contributed by atoms with Gasteiger partial charge < -0.3 is 14.8 Å². The fourth-order valence-corrected chi connectivity index (χ4v) is 3.32. The van der Waals surface area contributed by atoms with Crippen molar-refractivity contribution in [2.45, 2.75) is 6.54 Å². The minimum atomic E-state index is -0.980. The van der Waals surface area contributed by atoms with Gasteiger partial charge in [-0.15, -0.1) is 0 Å². The van der Waals surface area contributed by atoms with Gasteiger partial charge in [-0.25, -0.2) is 8.78 Å². The maximum Gasteiger partial charge on any atom is 0.238 e. The third-order valence-electron chi connectivity index (χ3n) is 4.89. The lowest BCUT2D eigenvalue weighted by molar-refractivity contribution is -0.117. The van der Waals surface area contributed by atoms with Crippen molar-refractivity contribution in [2.24, 2.45) is 0 Å². The van der Waals surface area contributed by atoms with Crippen molar-refractivity contribution in [3.63, 3.8) is 0 Å². The van der Waals surface area contributed by atoms with Crippen LogP contribution in [-0.4, -0.2) is 62.7 Å². The molecule has 2 aromatic carbocycles. The van der Waals surface area contributed by atoms with Crippen molar-refractivity contribution in [3.05, 3.63) is 53.6 Å². The Balaban J connectivity index is 1.46. The first-order chi connectivity index (χ1) is 14.0. The van der Waals surface area contributed by atoms with Crippen LogP contribution in [-0.2, 0) is 11.3 Å². The molecule has 0 atom stereocenters. The van der Waals surface area contributed by atoms with Gasteiger partial charge in [0.1, 0.15) is 0 Å². The summed E-state index contributed by atoms with van der Waals surface area (Å²) in [7, 11) is 3.23. The van der Waals surface area contributed by atoms with Gasteiger partial charge >= 0.3 is 0 Å². The Morgan fingerprint density at radius 2 is 1.62 bits per heavy atom. The van der Waals surface area contributed by atoms with Crippen molar-refractivity contribution >= 4 is 11.6 Å². The molecule has 1 amide bonds. The summed E-state index contributed by atoms with van der Waals surface area (Å²) in [6, 6.07) is 9.21. The topological polar surface area (TPSA) is 54.0 Å². The first kappa shape index (κ1) is 21.0. The zero-order valence-electron chi connectivity index (χ0n) is 16.6. The number of hydrogen-bond donors (Lipinski definition) is 1. The SMILES string of the molecule is COc1ccc(CN2CCN(CC(=O)Nc3ccc(F)c(F)c3)CC2)cc1OC. The van der Waals surface area contributed by atoms with E-state index in [1.807, 2.05) is 23.1 Å². The third kappa shape index (κ3) is 5.65. The number of carbonyl (C=O) groups is 1. The molecule has 29 heavy (non-hydrogen) atoms. The van der Waals surface area contributed by atoms with Gasteiger partial charge in [-0.3, -0.25) is 14.6 Å². The van der Waals surface area contributed by atoms with Crippen LogP contribution in [0, 0.1) is 11.6 Å². The molecular formula is C21H25F2N3O3. The smallest absolute Gasteiger partial charge is 0.238 e. The van der Waals surface area contributed by atoms with E-state index in [2.05, 4.69) is 10.2 Å². The van der Waals surface area contributed by atoms with E-state index in [0.29, 0.717) is 11.5 Å². The lowest BCUT2D eigenvalue weighted by Gasteiger charge is -2.34. The number of methoxy groups -OCH3 is 2. The summed E-state index contributed by atoms with van der Waals surface area (Å²) in [4.78, 5) is 16.5. The van der Waals surface area contributed by atoms with Crippen molar-refractivity contribution < 1.29 is 23.0 Å². The van der Waals surface area contributed by atoms with Crippen LogP contribution in [0.15, 0.2) is 36.4 Å². The summed E-state index contributed by atoms with van der Waals surface area (Å²) in [6.07, 6.45) is 0. The number of carbonyl (C=O) groups excluding carboxylic acids is 1. The standard InChI is InChI=1S/C21H25F2N3O3/c1-28-19-6-3-15(11-20(19)29-2)13-25-7-9-26(10-8-25)14-21(27)24-16-4-5-17(22)18(23)12-16/h3-6,11-12H,7-10,13-14H2,1-2H3,(H,24,27). The molecule has 6 nitrogen and oxygen atoms in total. The van der Waals surface area contributed by atoms with E-state index in [1.54, 1.807) is 14.2 Å². The summed E-state index contributed by atoms with van der Waals surface area (Å²) >= 11 is 0. The van der Waals surface area contributed by atoms with Crippen LogP contribution in [0.1, 0.15) is 5.56 Å². The molecular weight excluding hydrogens is 380 g/mol. The first-order valence-electron chi connectivity index (χ1n) is 9.39. The van der Waals surface area contributed by atoms with E-state index in [0.717, 1.165) is 50.4 Å². The minimum Gasteiger partial charge on any atom is -0.493 e. The molecule has 0 aliphatic carbocycles. The van der Waals surface area contributed by atoms with Crippen LogP contribution >= 0.6 is 0 Å². The number of rotatable bonds is 7. The van der Waals surface area contributed by atoms with Crippen LogP contribution in [0.2, 0.25) is 0 Å². The largest absolute Gasteiger partial charge is 0.493 e. The van der Waals surface area contributed by atoms with Gasteiger partial charge in [0.25, 0.3) is 0 Å². The normalized spacial score (nSPS) is 15.2. The quantitative estimate of drug-likeness (QED) is 0.768. The summed E-state index contributed by atoms with van der Waals surface area (Å²) in [5.41, 5.74) is 1.38. The van der Waals surface area contributed by atoms with Gasteiger partial charge in [-0.05, 0) is 29.8 Å². The predicted molar refractivity (Wildman–Crippen MR) is 106 cm³/mol. The molecule has 156 valence electrons. The van der Waals surface area contributed by atoms with Crippen molar-refractivity contribution in [1.82, 2.24) is 9.80 Å². The van der Waals surface area contributed by atoms with Gasteiger partial charge in [-0.2, -0.15) is 0 Å². The number of anilines is 1. The second-order valence-corrected chi connectivity index (χ2v) is 6.92. The number of nitrogens with zero attached hydrogens (tertiary/aromatic N) is 2. The van der Waals surface area contributed by atoms with Gasteiger partial charge in [0.2, 0.25) is 5.91 Å². The maximum absolute atomic E-state index is 13.2. The van der Waals surface area contributed by atoms with Crippen LogP contribution in [0.3, 0.4) is 0 Å². The zero-order chi connectivity index (χ0) is 20.8. The highest BCUT2D eigenvalue weighted by Crippen LogP contribution is 2.28. The Labute approximate surface area is 169 Å². The molecule has 0 saturated carbocycles. The molecule has 1 aliphatic rings. The first-order valence-corrected chi connectivity index (χ1v) is 9.39. The molecule has 8 heteroatoms. The molecule has 0 radical (unpaired) electrons. The van der Waals surface area contributed by atoms with E-state index in [9.17, 15) is 13.6 Å². The number of halogens is 2. The van der Waals surface area contributed by atoms with Crippen molar-refractivity contribution in [2.75, 3.05) is 52.3 Å². The molecule has 1 heterocycles. The molecule has 1 aliphatic heterocycles. The maximum atomic E-state index is 13.2. The van der Waals surface area contributed by atoms with E-state index >= 15 is 0 Å². The second kappa shape index (κ2) is 9.67. The van der Waals surface area contributed by atoms with E-state index in [-0.39, 0.29) is 18.1 Å². The Bertz CT molecular complexity index is 855. The zero-order valence-corrected chi connectivity index (χ0v) is 16.6. The molecule has 1 saturated heterocycles. The lowest BCUT2D eigenvalue weighted by Crippen LogP contribution is -2.48. The number of nitrogens with one attached hydrogen (secondary N) is 1.